The zero-order valence-electron chi connectivity index (χ0n) is 9.90. The fourth-order valence-corrected chi connectivity index (χ4v) is 3.69. The van der Waals surface area contributed by atoms with Gasteiger partial charge in [0.1, 0.15) is 0 Å². The molecule has 0 aliphatic heterocycles. The molecule has 0 bridgehead atoms. The average Bonchev–Trinajstić information content (AvgIpc) is 2.68. The van der Waals surface area contributed by atoms with Gasteiger partial charge in [0, 0.05) is 0 Å². The van der Waals surface area contributed by atoms with Crippen LogP contribution in [-0.4, -0.2) is 0 Å². The van der Waals surface area contributed by atoms with Crippen LogP contribution in [0.1, 0.15) is 18.1 Å². The number of hydrogen-bond acceptors (Lipinski definition) is 0. The molecule has 0 heterocycles. The van der Waals surface area contributed by atoms with Gasteiger partial charge in [0.2, 0.25) is 0 Å². The Morgan fingerprint density at radius 2 is 1.59 bits per heavy atom. The summed E-state index contributed by atoms with van der Waals surface area (Å²) in [4.78, 5) is 0. The predicted molar refractivity (Wildman–Crippen MR) is 77.1 cm³/mol. The molecule has 1 aliphatic carbocycles. The molecule has 0 fully saturated rings. The maximum atomic E-state index is 2.27. The third-order valence-corrected chi connectivity index (χ3v) is 4.78. The molecule has 2 aromatic carbocycles. The molecule has 0 spiro atoms. The topological polar surface area (TPSA) is 0 Å². The molecule has 1 atom stereocenters. The summed E-state index contributed by atoms with van der Waals surface area (Å²) in [7, 11) is 0.785. The van der Waals surface area contributed by atoms with Crippen LogP contribution in [0, 0.1) is 0 Å². The lowest BCUT2D eigenvalue weighted by molar-refractivity contribution is 1.19. The normalized spacial score (nSPS) is 14.6. The first-order valence-electron chi connectivity index (χ1n) is 5.95. The molecule has 1 heteroatoms. The number of hydrogen-bond donors (Lipinski definition) is 0. The van der Waals surface area contributed by atoms with Crippen LogP contribution in [0.3, 0.4) is 0 Å². The van der Waals surface area contributed by atoms with Gasteiger partial charge in [-0.25, -0.2) is 0 Å². The molecule has 0 aromatic heterocycles. The van der Waals surface area contributed by atoms with Crippen molar-refractivity contribution in [1.29, 1.82) is 0 Å². The summed E-state index contributed by atoms with van der Waals surface area (Å²) in [6.07, 6.45) is 1.13. The van der Waals surface area contributed by atoms with Crippen molar-refractivity contribution < 1.29 is 0 Å². The molecule has 2 aromatic rings. The molecule has 1 unspecified atom stereocenters. The second kappa shape index (κ2) is 4.47. The van der Waals surface area contributed by atoms with Gasteiger partial charge >= 0.3 is 0 Å². The molecule has 1 aliphatic rings. The minimum absolute atomic E-state index is 0.785. The predicted octanol–water partition coefficient (Wildman–Crippen LogP) is 3.98. The third kappa shape index (κ3) is 2.06. The van der Waals surface area contributed by atoms with Gasteiger partial charge in [-0.15, -0.1) is 0 Å². The highest BCUT2D eigenvalue weighted by Gasteiger charge is 2.17. The van der Waals surface area contributed by atoms with Crippen LogP contribution in [0.25, 0.3) is 5.31 Å². The Kier molecular flexibility index (Phi) is 2.82. The van der Waals surface area contributed by atoms with Crippen molar-refractivity contribution in [3.63, 3.8) is 0 Å². The van der Waals surface area contributed by atoms with Crippen LogP contribution in [0.4, 0.5) is 0 Å². The van der Waals surface area contributed by atoms with Crippen molar-refractivity contribution >= 4 is 19.2 Å². The molecule has 0 N–H and O–H groups in total. The van der Waals surface area contributed by atoms with Gasteiger partial charge in [-0.2, -0.15) is 0 Å². The first kappa shape index (κ1) is 10.7. The lowest BCUT2D eigenvalue weighted by Crippen LogP contribution is -1.92. The van der Waals surface area contributed by atoms with Gasteiger partial charge in [-0.05, 0) is 35.1 Å². The summed E-state index contributed by atoms with van der Waals surface area (Å²) in [5.74, 6) is 0. The summed E-state index contributed by atoms with van der Waals surface area (Å²) in [5.41, 5.74) is 4.49. The highest BCUT2D eigenvalue weighted by molar-refractivity contribution is 7.58. The maximum absolute atomic E-state index is 2.27. The standard InChI is InChI=1S/C16H15P/c1-12-11-13-7-5-6-10-15(13)16(12)17-14-8-3-2-4-9-14/h2-10,17H,11H2,1H3. The fraction of sp³-hybridized carbons (Fsp3) is 0.125. The lowest BCUT2D eigenvalue weighted by atomic mass is 10.1. The van der Waals surface area contributed by atoms with E-state index in [0.717, 1.165) is 15.0 Å². The Morgan fingerprint density at radius 1 is 0.882 bits per heavy atom. The quantitative estimate of drug-likeness (QED) is 0.694. The van der Waals surface area contributed by atoms with Crippen molar-refractivity contribution in [3.8, 4) is 0 Å². The van der Waals surface area contributed by atoms with Gasteiger partial charge in [0.05, 0.1) is 0 Å². The Labute approximate surface area is 104 Å². The van der Waals surface area contributed by atoms with E-state index in [1.165, 1.54) is 22.0 Å². The van der Waals surface area contributed by atoms with Gasteiger partial charge in [-0.3, -0.25) is 0 Å². The van der Waals surface area contributed by atoms with Crippen LogP contribution < -0.4 is 5.30 Å². The van der Waals surface area contributed by atoms with Gasteiger partial charge in [-0.1, -0.05) is 68.8 Å². The van der Waals surface area contributed by atoms with Crippen LogP contribution in [0.5, 0.6) is 0 Å². The first-order chi connectivity index (χ1) is 8.34. The Balaban J connectivity index is 1.96. The Bertz CT molecular complexity index is 567. The third-order valence-electron chi connectivity index (χ3n) is 3.21. The van der Waals surface area contributed by atoms with Gasteiger partial charge in [0.15, 0.2) is 0 Å². The molecule has 3 rings (SSSR count). The average molecular weight is 238 g/mol. The largest absolute Gasteiger partial charge is 0.0622 e. The molecule has 0 nitrogen and oxygen atoms in total. The molecule has 0 radical (unpaired) electrons. The number of allylic oxidation sites excluding steroid dienone is 1. The summed E-state index contributed by atoms with van der Waals surface area (Å²) in [6, 6.07) is 19.6. The van der Waals surface area contributed by atoms with E-state index in [-0.39, 0.29) is 0 Å². The SMILES string of the molecule is CC1=C(Pc2ccccc2)c2ccccc2C1. The summed E-state index contributed by atoms with van der Waals surface area (Å²) >= 11 is 0. The minimum Gasteiger partial charge on any atom is -0.0622 e. The molecule has 0 saturated carbocycles. The van der Waals surface area contributed by atoms with Crippen molar-refractivity contribution in [2.75, 3.05) is 0 Å². The first-order valence-corrected chi connectivity index (χ1v) is 6.95. The maximum Gasteiger partial charge on any atom is -0.00541 e. The molecule has 84 valence electrons. The smallest absolute Gasteiger partial charge is 0.00541 e. The fourth-order valence-electron chi connectivity index (χ4n) is 2.36. The number of rotatable bonds is 2. The molecule has 0 saturated heterocycles. The van der Waals surface area contributed by atoms with Crippen LogP contribution in [-0.2, 0) is 6.42 Å². The van der Waals surface area contributed by atoms with E-state index in [9.17, 15) is 0 Å². The van der Waals surface area contributed by atoms with Crippen molar-refractivity contribution in [1.82, 2.24) is 0 Å². The van der Waals surface area contributed by atoms with Crippen LogP contribution >= 0.6 is 8.58 Å². The van der Waals surface area contributed by atoms with E-state index >= 15 is 0 Å². The molecule has 0 amide bonds. The van der Waals surface area contributed by atoms with Crippen LogP contribution in [0.15, 0.2) is 60.2 Å². The van der Waals surface area contributed by atoms with E-state index in [1.807, 2.05) is 0 Å². The highest BCUT2D eigenvalue weighted by atomic mass is 31.1. The van der Waals surface area contributed by atoms with E-state index in [4.69, 9.17) is 0 Å². The second-order valence-corrected chi connectivity index (χ2v) is 5.81. The molecular formula is C16H15P. The van der Waals surface area contributed by atoms with Crippen molar-refractivity contribution in [2.24, 2.45) is 0 Å². The van der Waals surface area contributed by atoms with E-state index in [2.05, 4.69) is 61.5 Å². The Morgan fingerprint density at radius 3 is 2.41 bits per heavy atom. The summed E-state index contributed by atoms with van der Waals surface area (Å²) in [5, 5.41) is 2.98. The van der Waals surface area contributed by atoms with E-state index in [0.29, 0.717) is 0 Å². The zero-order chi connectivity index (χ0) is 11.7. The summed E-state index contributed by atoms with van der Waals surface area (Å²) in [6.45, 7) is 2.27. The monoisotopic (exact) mass is 238 g/mol. The highest BCUT2D eigenvalue weighted by Crippen LogP contribution is 2.43. The lowest BCUT2D eigenvalue weighted by Gasteiger charge is -2.07. The number of fused-ring (bicyclic) bond motifs is 1. The number of benzene rings is 2. The van der Waals surface area contributed by atoms with Gasteiger partial charge < -0.3 is 0 Å². The van der Waals surface area contributed by atoms with Crippen LogP contribution in [0.2, 0.25) is 0 Å². The zero-order valence-corrected chi connectivity index (χ0v) is 10.9. The minimum atomic E-state index is 0.785. The Hall–Kier alpha value is -1.39. The van der Waals surface area contributed by atoms with Crippen molar-refractivity contribution in [2.45, 2.75) is 13.3 Å². The molecular weight excluding hydrogens is 223 g/mol. The van der Waals surface area contributed by atoms with Gasteiger partial charge in [0.25, 0.3) is 0 Å². The summed E-state index contributed by atoms with van der Waals surface area (Å²) < 4.78 is 0. The second-order valence-electron chi connectivity index (χ2n) is 4.48. The molecule has 17 heavy (non-hydrogen) atoms. The van der Waals surface area contributed by atoms with E-state index < -0.39 is 0 Å². The van der Waals surface area contributed by atoms with Crippen molar-refractivity contribution in [3.05, 3.63) is 71.3 Å². The van der Waals surface area contributed by atoms with E-state index in [1.54, 1.807) is 5.31 Å².